The molecule has 0 spiro atoms. The molecule has 0 atom stereocenters. The zero-order valence-corrected chi connectivity index (χ0v) is 14.7. The van der Waals surface area contributed by atoms with E-state index in [1.54, 1.807) is 18.6 Å². The summed E-state index contributed by atoms with van der Waals surface area (Å²) in [6.45, 7) is 3.14. The van der Waals surface area contributed by atoms with Crippen LogP contribution in [-0.4, -0.2) is 53.1 Å². The maximum Gasteiger partial charge on any atom is 0.173 e. The van der Waals surface area contributed by atoms with Crippen molar-refractivity contribution in [3.63, 3.8) is 0 Å². The van der Waals surface area contributed by atoms with E-state index in [-0.39, 0.29) is 0 Å². The smallest absolute Gasteiger partial charge is 0.173 e. The fraction of sp³-hybridized carbons (Fsp3) is 0.190. The molecule has 2 aromatic rings. The Morgan fingerprint density at radius 1 is 1.11 bits per heavy atom. The highest BCUT2D eigenvalue weighted by atomic mass is 16.5. The van der Waals surface area contributed by atoms with E-state index in [0.29, 0.717) is 0 Å². The number of fused-ring (bicyclic) bond motifs is 1. The number of ether oxygens (including phenoxy) is 1. The molecule has 3 aliphatic rings. The summed E-state index contributed by atoms with van der Waals surface area (Å²) in [5, 5.41) is 0. The Morgan fingerprint density at radius 2 is 2.04 bits per heavy atom. The number of aromatic nitrogens is 2. The third-order valence-electron chi connectivity index (χ3n) is 4.73. The van der Waals surface area contributed by atoms with Gasteiger partial charge in [-0.25, -0.2) is 9.98 Å². The maximum atomic E-state index is 5.41. The van der Waals surface area contributed by atoms with Gasteiger partial charge in [0.1, 0.15) is 0 Å². The van der Waals surface area contributed by atoms with Crippen LogP contribution in [0.5, 0.6) is 0 Å². The fourth-order valence-electron chi connectivity index (χ4n) is 3.29. The predicted octanol–water partition coefficient (Wildman–Crippen LogP) is 2.92. The summed E-state index contributed by atoms with van der Waals surface area (Å²) >= 11 is 0. The molecule has 5 rings (SSSR count). The van der Waals surface area contributed by atoms with Gasteiger partial charge < -0.3 is 9.64 Å². The molecule has 1 fully saturated rings. The van der Waals surface area contributed by atoms with Crippen molar-refractivity contribution in [2.24, 2.45) is 9.98 Å². The second-order valence-electron chi connectivity index (χ2n) is 6.39. The number of nitrogens with zero attached hydrogens (tertiary/aromatic N) is 5. The molecule has 6 nitrogen and oxygen atoms in total. The highest BCUT2D eigenvalue weighted by molar-refractivity contribution is 6.24. The van der Waals surface area contributed by atoms with Crippen LogP contribution in [0.3, 0.4) is 0 Å². The summed E-state index contributed by atoms with van der Waals surface area (Å²) in [7, 11) is 0. The molecule has 1 saturated heterocycles. The van der Waals surface area contributed by atoms with E-state index in [1.807, 2.05) is 30.5 Å². The van der Waals surface area contributed by atoms with E-state index >= 15 is 0 Å². The monoisotopic (exact) mass is 355 g/mol. The van der Waals surface area contributed by atoms with Gasteiger partial charge in [-0.1, -0.05) is 11.8 Å². The SMILES string of the molecule is C1=CC(C2=Nc3ccc(-c4cnccn4)cc32)=CC=NC=1N1CCOCC1. The molecule has 6 heteroatoms. The number of morpholine rings is 1. The molecular weight excluding hydrogens is 338 g/mol. The maximum absolute atomic E-state index is 5.41. The lowest BCUT2D eigenvalue weighted by Gasteiger charge is -2.27. The van der Waals surface area contributed by atoms with Crippen LogP contribution in [0.15, 0.2) is 76.1 Å². The average Bonchev–Trinajstić information content (AvgIpc) is 2.96. The van der Waals surface area contributed by atoms with E-state index < -0.39 is 0 Å². The number of hydrogen-bond acceptors (Lipinski definition) is 6. The van der Waals surface area contributed by atoms with Crippen molar-refractivity contribution >= 4 is 17.6 Å². The summed E-state index contributed by atoms with van der Waals surface area (Å²) in [6.07, 6.45) is 10.9. The first-order valence-corrected chi connectivity index (χ1v) is 8.92. The van der Waals surface area contributed by atoms with Crippen molar-refractivity contribution in [3.8, 4) is 11.3 Å². The fourth-order valence-corrected chi connectivity index (χ4v) is 3.29. The Labute approximate surface area is 157 Å². The zero-order valence-electron chi connectivity index (χ0n) is 14.7. The number of rotatable bonds is 3. The van der Waals surface area contributed by atoms with E-state index in [4.69, 9.17) is 4.74 Å². The van der Waals surface area contributed by atoms with Crippen LogP contribution in [0, 0.1) is 0 Å². The van der Waals surface area contributed by atoms with Crippen molar-refractivity contribution < 1.29 is 4.74 Å². The Hall–Kier alpha value is -3.34. The zero-order chi connectivity index (χ0) is 18.1. The molecule has 3 aliphatic heterocycles. The summed E-state index contributed by atoms with van der Waals surface area (Å²) in [4.78, 5) is 19.9. The van der Waals surface area contributed by atoms with E-state index in [0.717, 1.165) is 65.9 Å². The molecule has 4 heterocycles. The molecular formula is C21H17N5O. The number of benzene rings is 1. The summed E-state index contributed by atoms with van der Waals surface area (Å²) < 4.78 is 5.41. The number of aliphatic imine (C=N–C) groups is 2. The third-order valence-corrected chi connectivity index (χ3v) is 4.73. The lowest BCUT2D eigenvalue weighted by Crippen LogP contribution is -2.34. The standard InChI is InChI=1S/C21H17N5O/c1-3-18-17(13-16(1)19-14-22-7-8-23-19)21(25-18)15-2-4-20(24-6-5-15)26-9-11-27-12-10-26/h1-3,5-8,13-14H,9-12H2. The minimum absolute atomic E-state index is 0.728. The second-order valence-corrected chi connectivity index (χ2v) is 6.39. The first kappa shape index (κ1) is 15.9. The lowest BCUT2D eigenvalue weighted by atomic mass is 9.93. The van der Waals surface area contributed by atoms with Crippen LogP contribution in [0.1, 0.15) is 5.56 Å². The van der Waals surface area contributed by atoms with Gasteiger partial charge in [-0.15, -0.1) is 0 Å². The highest BCUT2D eigenvalue weighted by Gasteiger charge is 2.22. The van der Waals surface area contributed by atoms with Gasteiger partial charge in [0.25, 0.3) is 0 Å². The largest absolute Gasteiger partial charge is 0.378 e. The highest BCUT2D eigenvalue weighted by Crippen LogP contribution is 2.36. The Balaban J connectivity index is 1.43. The Morgan fingerprint density at radius 3 is 2.89 bits per heavy atom. The summed E-state index contributed by atoms with van der Waals surface area (Å²) in [6, 6.07) is 6.16. The molecule has 1 aromatic carbocycles. The van der Waals surface area contributed by atoms with Gasteiger partial charge in [-0.05, 0) is 24.3 Å². The molecule has 0 amide bonds. The summed E-state index contributed by atoms with van der Waals surface area (Å²) in [5.41, 5.74) is 9.28. The van der Waals surface area contributed by atoms with Gasteiger partial charge in [0, 0.05) is 48.4 Å². The first-order valence-electron chi connectivity index (χ1n) is 8.92. The lowest BCUT2D eigenvalue weighted by molar-refractivity contribution is 0.0533. The molecule has 0 aliphatic carbocycles. The molecule has 132 valence electrons. The predicted molar refractivity (Wildman–Crippen MR) is 104 cm³/mol. The van der Waals surface area contributed by atoms with Crippen molar-refractivity contribution in [2.75, 3.05) is 26.3 Å². The van der Waals surface area contributed by atoms with Crippen LogP contribution in [0.4, 0.5) is 5.69 Å². The molecule has 0 saturated carbocycles. The van der Waals surface area contributed by atoms with Crippen LogP contribution in [0.2, 0.25) is 0 Å². The molecule has 0 bridgehead atoms. The Bertz CT molecular complexity index is 1040. The van der Waals surface area contributed by atoms with Gasteiger partial charge in [-0.2, -0.15) is 0 Å². The number of hydrogen-bond donors (Lipinski definition) is 0. The van der Waals surface area contributed by atoms with Crippen molar-refractivity contribution in [3.05, 3.63) is 71.6 Å². The van der Waals surface area contributed by atoms with Gasteiger partial charge in [0.15, 0.2) is 5.82 Å². The minimum atomic E-state index is 0.728. The molecule has 1 aromatic heterocycles. The van der Waals surface area contributed by atoms with Crippen LogP contribution >= 0.6 is 0 Å². The second kappa shape index (κ2) is 6.76. The third kappa shape index (κ3) is 3.01. The van der Waals surface area contributed by atoms with Gasteiger partial charge in [0.05, 0.1) is 36.5 Å². The topological polar surface area (TPSA) is 63.0 Å². The van der Waals surface area contributed by atoms with E-state index in [9.17, 15) is 0 Å². The molecule has 0 unspecified atom stereocenters. The number of allylic oxidation sites excluding steroid dienone is 3. The molecule has 0 N–H and O–H groups in total. The van der Waals surface area contributed by atoms with Crippen LogP contribution in [0.25, 0.3) is 11.3 Å². The van der Waals surface area contributed by atoms with E-state index in [1.165, 1.54) is 0 Å². The van der Waals surface area contributed by atoms with Crippen molar-refractivity contribution in [2.45, 2.75) is 0 Å². The molecule has 0 radical (unpaired) electrons. The van der Waals surface area contributed by atoms with Gasteiger partial charge >= 0.3 is 0 Å². The van der Waals surface area contributed by atoms with E-state index in [2.05, 4.69) is 36.7 Å². The normalized spacial score (nSPS) is 18.1. The summed E-state index contributed by atoms with van der Waals surface area (Å²) in [5.74, 6) is 0.845. The van der Waals surface area contributed by atoms with Gasteiger partial charge in [0.2, 0.25) is 0 Å². The molecule has 27 heavy (non-hydrogen) atoms. The van der Waals surface area contributed by atoms with Crippen molar-refractivity contribution in [1.82, 2.24) is 14.9 Å². The minimum Gasteiger partial charge on any atom is -0.378 e. The van der Waals surface area contributed by atoms with Crippen LogP contribution < -0.4 is 0 Å². The Kier molecular flexibility index (Phi) is 3.98. The van der Waals surface area contributed by atoms with Crippen LogP contribution in [-0.2, 0) is 4.74 Å². The first-order chi connectivity index (χ1) is 13.4. The van der Waals surface area contributed by atoms with Gasteiger partial charge in [-0.3, -0.25) is 9.97 Å². The van der Waals surface area contributed by atoms with Crippen molar-refractivity contribution in [1.29, 1.82) is 0 Å². The average molecular weight is 355 g/mol. The quantitative estimate of drug-likeness (QED) is 0.794.